The van der Waals surface area contributed by atoms with Gasteiger partial charge in [-0.2, -0.15) is 0 Å². The van der Waals surface area contributed by atoms with Crippen molar-refractivity contribution in [2.24, 2.45) is 0 Å². The zero-order valence-electron chi connectivity index (χ0n) is 15.5. The molecule has 140 valence electrons. The summed E-state index contributed by atoms with van der Waals surface area (Å²) in [5, 5.41) is 3.86. The van der Waals surface area contributed by atoms with Crippen molar-refractivity contribution in [2.75, 3.05) is 5.32 Å². The lowest BCUT2D eigenvalue weighted by molar-refractivity contribution is -0.114. The van der Waals surface area contributed by atoms with Gasteiger partial charge in [0, 0.05) is 28.8 Å². The second kappa shape index (κ2) is 7.36. The van der Waals surface area contributed by atoms with Gasteiger partial charge in [0.1, 0.15) is 17.2 Å². The van der Waals surface area contributed by atoms with Crippen LogP contribution in [0, 0.1) is 20.8 Å². The van der Waals surface area contributed by atoms with Crippen LogP contribution in [0.25, 0.3) is 11.0 Å². The first-order valence-electron chi connectivity index (χ1n) is 8.34. The molecular formula is C20H19NO5S. The van der Waals surface area contributed by atoms with Crippen molar-refractivity contribution in [1.29, 1.82) is 0 Å². The van der Waals surface area contributed by atoms with Gasteiger partial charge in [0.05, 0.1) is 5.56 Å². The second-order valence-electron chi connectivity index (χ2n) is 6.33. The Morgan fingerprint density at radius 2 is 1.93 bits per heavy atom. The number of carbonyl (C=O) groups excluding carboxylic acids is 2. The zero-order chi connectivity index (χ0) is 19.7. The summed E-state index contributed by atoms with van der Waals surface area (Å²) >= 11 is 1.33. The van der Waals surface area contributed by atoms with E-state index in [0.717, 1.165) is 16.0 Å². The van der Waals surface area contributed by atoms with Crippen molar-refractivity contribution in [3.8, 4) is 0 Å². The molecule has 3 aromatic rings. The van der Waals surface area contributed by atoms with Gasteiger partial charge in [-0.1, -0.05) is 12.1 Å². The molecule has 0 spiro atoms. The number of carbonyl (C=O) groups is 2. The van der Waals surface area contributed by atoms with Gasteiger partial charge in [-0.05, 0) is 38.0 Å². The molecule has 0 saturated carbocycles. The quantitative estimate of drug-likeness (QED) is 0.540. The molecule has 27 heavy (non-hydrogen) atoms. The molecule has 2 heterocycles. The van der Waals surface area contributed by atoms with Gasteiger partial charge in [0.2, 0.25) is 5.91 Å². The lowest BCUT2D eigenvalue weighted by Gasteiger charge is -2.09. The first-order chi connectivity index (χ1) is 12.8. The fraction of sp³-hybridized carbons (Fsp3) is 0.250. The summed E-state index contributed by atoms with van der Waals surface area (Å²) in [6.07, 6.45) is 0. The van der Waals surface area contributed by atoms with Crippen LogP contribution in [0.2, 0.25) is 0 Å². The Kier molecular flexibility index (Phi) is 5.14. The highest BCUT2D eigenvalue weighted by molar-refractivity contribution is 7.16. The predicted molar refractivity (Wildman–Crippen MR) is 104 cm³/mol. The monoisotopic (exact) mass is 385 g/mol. The predicted octanol–water partition coefficient (Wildman–Crippen LogP) is 4.10. The Bertz CT molecular complexity index is 1110. The third-order valence-electron chi connectivity index (χ3n) is 4.22. The van der Waals surface area contributed by atoms with Crippen molar-refractivity contribution in [2.45, 2.75) is 34.3 Å². The number of thiophene rings is 1. The molecule has 0 unspecified atom stereocenters. The number of esters is 1. The maximum Gasteiger partial charge on any atom is 0.341 e. The number of benzene rings is 1. The minimum atomic E-state index is -0.547. The summed E-state index contributed by atoms with van der Waals surface area (Å²) in [5.41, 5.74) is 2.60. The maximum atomic E-state index is 12.7. The van der Waals surface area contributed by atoms with Crippen molar-refractivity contribution in [1.82, 2.24) is 0 Å². The number of hydrogen-bond acceptors (Lipinski definition) is 6. The smallest absolute Gasteiger partial charge is 0.341 e. The highest BCUT2D eigenvalue weighted by Gasteiger charge is 2.22. The third kappa shape index (κ3) is 3.93. The first-order valence-corrected chi connectivity index (χ1v) is 9.16. The number of hydrogen-bond donors (Lipinski definition) is 1. The third-order valence-corrected chi connectivity index (χ3v) is 5.35. The molecule has 0 aliphatic rings. The van der Waals surface area contributed by atoms with E-state index in [9.17, 15) is 14.4 Å². The Morgan fingerprint density at radius 1 is 1.19 bits per heavy atom. The van der Waals surface area contributed by atoms with Crippen LogP contribution in [0.3, 0.4) is 0 Å². The van der Waals surface area contributed by atoms with E-state index in [0.29, 0.717) is 27.1 Å². The van der Waals surface area contributed by atoms with Gasteiger partial charge in [-0.3, -0.25) is 4.79 Å². The van der Waals surface area contributed by atoms with Crippen LogP contribution in [0.1, 0.15) is 38.8 Å². The summed E-state index contributed by atoms with van der Waals surface area (Å²) in [7, 11) is 0. The van der Waals surface area contributed by atoms with E-state index >= 15 is 0 Å². The van der Waals surface area contributed by atoms with Crippen LogP contribution >= 0.6 is 11.3 Å². The minimum Gasteiger partial charge on any atom is -0.457 e. The molecule has 0 aliphatic heterocycles. The number of aryl methyl sites for hydroxylation is 2. The molecule has 2 aromatic heterocycles. The van der Waals surface area contributed by atoms with Gasteiger partial charge < -0.3 is 14.5 Å². The molecule has 0 bridgehead atoms. The molecule has 0 fully saturated rings. The summed E-state index contributed by atoms with van der Waals surface area (Å²) in [5.74, 6) is -0.804. The van der Waals surface area contributed by atoms with Gasteiger partial charge >= 0.3 is 11.6 Å². The van der Waals surface area contributed by atoms with Crippen LogP contribution in [0.5, 0.6) is 0 Å². The van der Waals surface area contributed by atoms with E-state index in [1.807, 2.05) is 32.9 Å². The van der Waals surface area contributed by atoms with Gasteiger partial charge in [-0.25, -0.2) is 9.59 Å². The van der Waals surface area contributed by atoms with Crippen LogP contribution < -0.4 is 10.9 Å². The van der Waals surface area contributed by atoms with Crippen molar-refractivity contribution in [3.63, 3.8) is 0 Å². The summed E-state index contributed by atoms with van der Waals surface area (Å²) in [4.78, 5) is 36.8. The number of ether oxygens (including phenoxy) is 1. The topological polar surface area (TPSA) is 85.6 Å². The molecule has 1 amide bonds. The van der Waals surface area contributed by atoms with E-state index in [4.69, 9.17) is 9.15 Å². The number of fused-ring (bicyclic) bond motifs is 1. The Balaban J connectivity index is 1.90. The fourth-order valence-electron chi connectivity index (χ4n) is 2.79. The highest BCUT2D eigenvalue weighted by Crippen LogP contribution is 2.33. The summed E-state index contributed by atoms with van der Waals surface area (Å²) in [6, 6.07) is 6.82. The van der Waals surface area contributed by atoms with Crippen LogP contribution in [-0.2, 0) is 16.1 Å². The van der Waals surface area contributed by atoms with E-state index in [1.54, 1.807) is 6.07 Å². The number of anilines is 1. The zero-order valence-corrected chi connectivity index (χ0v) is 16.3. The number of amides is 1. The van der Waals surface area contributed by atoms with Gasteiger partial charge in [0.25, 0.3) is 0 Å². The van der Waals surface area contributed by atoms with Crippen LogP contribution in [-0.4, -0.2) is 11.9 Å². The highest BCUT2D eigenvalue weighted by atomic mass is 32.1. The summed E-state index contributed by atoms with van der Waals surface area (Å²) in [6.45, 7) is 6.90. The molecule has 1 N–H and O–H groups in total. The lowest BCUT2D eigenvalue weighted by Crippen LogP contribution is -2.12. The normalized spacial score (nSPS) is 10.8. The van der Waals surface area contributed by atoms with E-state index in [-0.39, 0.29) is 12.5 Å². The molecule has 0 aliphatic carbocycles. The minimum absolute atomic E-state index is 0.0716. The average molecular weight is 385 g/mol. The van der Waals surface area contributed by atoms with Gasteiger partial charge in [0.15, 0.2) is 0 Å². The van der Waals surface area contributed by atoms with Crippen LogP contribution in [0.15, 0.2) is 33.5 Å². The molecule has 0 atom stereocenters. The maximum absolute atomic E-state index is 12.7. The van der Waals surface area contributed by atoms with Crippen molar-refractivity contribution < 1.29 is 18.7 Å². The molecule has 0 radical (unpaired) electrons. The SMILES string of the molecule is CC(=O)Nc1sc(C)c(C)c1C(=O)OCc1cc(=O)oc2cc(C)ccc12. The number of nitrogens with one attached hydrogen (secondary N) is 1. The van der Waals surface area contributed by atoms with Crippen molar-refractivity contribution in [3.05, 3.63) is 61.8 Å². The van der Waals surface area contributed by atoms with E-state index < -0.39 is 11.6 Å². The van der Waals surface area contributed by atoms with Crippen molar-refractivity contribution >= 4 is 39.2 Å². The molecule has 7 heteroatoms. The largest absolute Gasteiger partial charge is 0.457 e. The number of rotatable bonds is 4. The molecular weight excluding hydrogens is 366 g/mol. The fourth-order valence-corrected chi connectivity index (χ4v) is 3.89. The van der Waals surface area contributed by atoms with Gasteiger partial charge in [-0.15, -0.1) is 11.3 Å². The Hall–Kier alpha value is -2.93. The molecule has 1 aromatic carbocycles. The van der Waals surface area contributed by atoms with E-state index in [2.05, 4.69) is 5.32 Å². The molecule has 0 saturated heterocycles. The second-order valence-corrected chi connectivity index (χ2v) is 7.56. The van der Waals surface area contributed by atoms with Crippen LogP contribution in [0.4, 0.5) is 5.00 Å². The lowest BCUT2D eigenvalue weighted by atomic mass is 10.1. The Morgan fingerprint density at radius 3 is 2.63 bits per heavy atom. The average Bonchev–Trinajstić information content (AvgIpc) is 2.85. The first kappa shape index (κ1) is 18.8. The molecule has 6 nitrogen and oxygen atoms in total. The standard InChI is InChI=1S/C20H19NO5S/c1-10-5-6-15-14(8-17(23)26-16(15)7-10)9-25-20(24)18-11(2)12(3)27-19(18)21-13(4)22/h5-8H,9H2,1-4H3,(H,21,22). The Labute approximate surface area is 159 Å². The van der Waals surface area contributed by atoms with E-state index in [1.165, 1.54) is 24.3 Å². The summed E-state index contributed by atoms with van der Waals surface area (Å²) < 4.78 is 10.7. The molecule has 3 rings (SSSR count).